The SMILES string of the molecule is Cn1ccc(S(=O)(=O)[C@H]2CCC3=Cc4c(cnn4-c4ccc(F)cc4)C[C@]3(C(=O)c3cc(C(F)(F)F)ccn3)C2)n1. The molecular formula is C28H23F4N5O3S. The average Bonchev–Trinajstić information content (AvgIpc) is 3.57. The van der Waals surface area contributed by atoms with E-state index in [4.69, 9.17) is 0 Å². The number of carbonyl (C=O) groups is 1. The van der Waals surface area contributed by atoms with Crippen LogP contribution < -0.4 is 0 Å². The molecule has 41 heavy (non-hydrogen) atoms. The molecule has 0 N–H and O–H groups in total. The Hall–Kier alpha value is -4.13. The van der Waals surface area contributed by atoms with E-state index in [0.29, 0.717) is 28.6 Å². The van der Waals surface area contributed by atoms with Gasteiger partial charge >= 0.3 is 6.18 Å². The lowest BCUT2D eigenvalue weighted by Crippen LogP contribution is -2.46. The Balaban J connectivity index is 1.47. The van der Waals surface area contributed by atoms with Crippen LogP contribution in [0.3, 0.4) is 0 Å². The van der Waals surface area contributed by atoms with Crippen LogP contribution in [0.15, 0.2) is 71.7 Å². The Kier molecular flexibility index (Phi) is 6.25. The lowest BCUT2D eigenvalue weighted by molar-refractivity contribution is -0.137. The number of Topliss-reactive ketones (excluding diaryl/α,β-unsaturated/α-hetero) is 1. The standard InChI is InChI=1S/C28H23F4N5O3S/c1-36-11-9-25(35-36)41(39,40)22-7-2-18-13-24-17(16-34-37(24)21-5-3-20(29)4-6-21)14-27(18,15-22)26(38)23-12-19(8-10-33-23)28(30,31)32/h3-6,8-13,16,22H,2,7,14-15H2,1H3/t22-,27-/m0/s1. The Morgan fingerprint density at radius 3 is 2.56 bits per heavy atom. The van der Waals surface area contributed by atoms with Crippen molar-refractivity contribution < 1.29 is 30.8 Å². The monoisotopic (exact) mass is 585 g/mol. The molecule has 0 amide bonds. The predicted molar refractivity (Wildman–Crippen MR) is 139 cm³/mol. The molecular weight excluding hydrogens is 562 g/mol. The molecule has 3 aromatic heterocycles. The van der Waals surface area contributed by atoms with Crippen LogP contribution in [0, 0.1) is 11.2 Å². The summed E-state index contributed by atoms with van der Waals surface area (Å²) in [4.78, 5) is 18.2. The van der Waals surface area contributed by atoms with Gasteiger partial charge in [-0.15, -0.1) is 0 Å². The molecule has 0 unspecified atom stereocenters. The second kappa shape index (κ2) is 9.47. The van der Waals surface area contributed by atoms with Gasteiger partial charge in [0.05, 0.1) is 33.8 Å². The summed E-state index contributed by atoms with van der Waals surface area (Å²) in [6.07, 6.45) is 1.29. The van der Waals surface area contributed by atoms with Crippen LogP contribution in [0.4, 0.5) is 17.6 Å². The number of benzene rings is 1. The largest absolute Gasteiger partial charge is 0.416 e. The number of alkyl halides is 3. The van der Waals surface area contributed by atoms with Crippen molar-refractivity contribution >= 4 is 21.7 Å². The molecule has 0 aliphatic heterocycles. The molecule has 0 saturated heterocycles. The van der Waals surface area contributed by atoms with Crippen molar-refractivity contribution in [3.8, 4) is 5.69 Å². The molecule has 2 aliphatic carbocycles. The van der Waals surface area contributed by atoms with Gasteiger partial charge in [-0.1, -0.05) is 5.57 Å². The molecule has 0 spiro atoms. The maximum absolute atomic E-state index is 14.2. The zero-order chi connectivity index (χ0) is 29.2. The summed E-state index contributed by atoms with van der Waals surface area (Å²) < 4.78 is 84.3. The summed E-state index contributed by atoms with van der Waals surface area (Å²) in [7, 11) is -2.37. The van der Waals surface area contributed by atoms with Gasteiger partial charge in [0.1, 0.15) is 11.5 Å². The minimum atomic E-state index is -4.69. The van der Waals surface area contributed by atoms with Gasteiger partial charge in [0.25, 0.3) is 0 Å². The number of allylic oxidation sites excluding steroid dienone is 1. The van der Waals surface area contributed by atoms with E-state index in [2.05, 4.69) is 15.2 Å². The van der Waals surface area contributed by atoms with E-state index in [9.17, 15) is 30.8 Å². The average molecular weight is 586 g/mol. The number of ketones is 1. The minimum Gasteiger partial charge on any atom is -0.291 e. The molecule has 6 rings (SSSR count). The highest BCUT2D eigenvalue weighted by molar-refractivity contribution is 7.92. The van der Waals surface area contributed by atoms with E-state index in [1.807, 2.05) is 0 Å². The van der Waals surface area contributed by atoms with Crippen LogP contribution in [0.2, 0.25) is 0 Å². The van der Waals surface area contributed by atoms with Gasteiger partial charge in [-0.2, -0.15) is 23.4 Å². The van der Waals surface area contributed by atoms with E-state index < -0.39 is 49.5 Å². The fraction of sp³-hybridized carbons (Fsp3) is 0.286. The highest BCUT2D eigenvalue weighted by atomic mass is 32.2. The summed E-state index contributed by atoms with van der Waals surface area (Å²) in [5.74, 6) is -1.10. The summed E-state index contributed by atoms with van der Waals surface area (Å²) >= 11 is 0. The first-order chi connectivity index (χ1) is 19.4. The second-order valence-corrected chi connectivity index (χ2v) is 12.5. The van der Waals surface area contributed by atoms with Crippen molar-refractivity contribution in [3.05, 3.63) is 95.0 Å². The molecule has 1 saturated carbocycles. The lowest BCUT2D eigenvalue weighted by atomic mass is 9.61. The summed E-state index contributed by atoms with van der Waals surface area (Å²) in [6, 6.07) is 8.57. The molecule has 212 valence electrons. The van der Waals surface area contributed by atoms with E-state index >= 15 is 0 Å². The van der Waals surface area contributed by atoms with Crippen molar-refractivity contribution in [1.29, 1.82) is 0 Å². The minimum absolute atomic E-state index is 0.0142. The third-order valence-electron chi connectivity index (χ3n) is 7.86. The van der Waals surface area contributed by atoms with E-state index in [1.54, 1.807) is 29.9 Å². The molecule has 0 bridgehead atoms. The fourth-order valence-electron chi connectivity index (χ4n) is 5.81. The molecule has 3 heterocycles. The smallest absolute Gasteiger partial charge is 0.291 e. The van der Waals surface area contributed by atoms with Gasteiger partial charge in [-0.25, -0.2) is 17.5 Å². The number of sulfone groups is 1. The van der Waals surface area contributed by atoms with Gasteiger partial charge in [0.2, 0.25) is 0 Å². The van der Waals surface area contributed by atoms with Gasteiger partial charge in [0, 0.05) is 19.4 Å². The summed E-state index contributed by atoms with van der Waals surface area (Å²) in [6.45, 7) is 0. The first-order valence-electron chi connectivity index (χ1n) is 12.7. The number of hydrogen-bond donors (Lipinski definition) is 0. The number of hydrogen-bond acceptors (Lipinski definition) is 6. The van der Waals surface area contributed by atoms with E-state index in [0.717, 1.165) is 12.3 Å². The Morgan fingerprint density at radius 1 is 1.12 bits per heavy atom. The number of aromatic nitrogens is 5. The quantitative estimate of drug-likeness (QED) is 0.242. The van der Waals surface area contributed by atoms with Gasteiger partial charge in [-0.05, 0) is 79.8 Å². The van der Waals surface area contributed by atoms with Crippen LogP contribution in [0.5, 0.6) is 0 Å². The van der Waals surface area contributed by atoms with Gasteiger partial charge in [-0.3, -0.25) is 14.5 Å². The van der Waals surface area contributed by atoms with Crippen molar-refractivity contribution in [2.45, 2.75) is 42.1 Å². The van der Waals surface area contributed by atoms with Crippen LogP contribution in [0.25, 0.3) is 11.8 Å². The van der Waals surface area contributed by atoms with Crippen molar-refractivity contribution in [3.63, 3.8) is 0 Å². The molecule has 1 fully saturated rings. The van der Waals surface area contributed by atoms with Crippen molar-refractivity contribution in [2.75, 3.05) is 0 Å². The third kappa shape index (κ3) is 4.57. The van der Waals surface area contributed by atoms with Crippen LogP contribution in [-0.4, -0.2) is 44.0 Å². The topological polar surface area (TPSA) is 99.7 Å². The molecule has 2 aliphatic rings. The molecule has 4 aromatic rings. The Morgan fingerprint density at radius 2 is 1.88 bits per heavy atom. The van der Waals surface area contributed by atoms with Gasteiger partial charge in [0.15, 0.2) is 20.6 Å². The zero-order valence-corrected chi connectivity index (χ0v) is 22.5. The van der Waals surface area contributed by atoms with Crippen LogP contribution >= 0.6 is 0 Å². The maximum atomic E-state index is 14.2. The van der Waals surface area contributed by atoms with Crippen LogP contribution in [0.1, 0.15) is 46.6 Å². The molecule has 2 atom stereocenters. The van der Waals surface area contributed by atoms with Crippen molar-refractivity contribution in [1.82, 2.24) is 24.5 Å². The first kappa shape index (κ1) is 27.1. The zero-order valence-electron chi connectivity index (χ0n) is 21.6. The number of carbonyl (C=O) groups excluding carboxylic acids is 1. The molecule has 8 nitrogen and oxygen atoms in total. The fourth-order valence-corrected chi connectivity index (χ4v) is 7.58. The number of pyridine rings is 1. The number of aryl methyl sites for hydroxylation is 1. The van der Waals surface area contributed by atoms with Crippen LogP contribution in [-0.2, 0) is 29.5 Å². The third-order valence-corrected chi connectivity index (χ3v) is 9.94. The maximum Gasteiger partial charge on any atom is 0.416 e. The van der Waals surface area contributed by atoms with E-state index in [-0.39, 0.29) is 30.7 Å². The number of rotatable bonds is 5. The summed E-state index contributed by atoms with van der Waals surface area (Å²) in [5.41, 5.74) is -0.471. The molecule has 13 heteroatoms. The lowest BCUT2D eigenvalue weighted by Gasteiger charge is -2.43. The Labute approximate surface area is 232 Å². The first-order valence-corrected chi connectivity index (χ1v) is 14.3. The highest BCUT2D eigenvalue weighted by Crippen LogP contribution is 2.52. The highest BCUT2D eigenvalue weighted by Gasteiger charge is 2.52. The predicted octanol–water partition coefficient (Wildman–Crippen LogP) is 4.99. The Bertz CT molecular complexity index is 1810. The molecule has 1 aromatic carbocycles. The number of halogens is 4. The summed E-state index contributed by atoms with van der Waals surface area (Å²) in [5, 5.41) is 7.35. The van der Waals surface area contributed by atoms with Gasteiger partial charge < -0.3 is 0 Å². The number of nitrogens with zero attached hydrogens (tertiary/aromatic N) is 5. The molecule has 0 radical (unpaired) electrons. The number of fused-ring (bicyclic) bond motifs is 2. The second-order valence-electron chi connectivity index (χ2n) is 10.4. The van der Waals surface area contributed by atoms with E-state index in [1.165, 1.54) is 35.3 Å². The normalized spacial score (nSPS) is 20.7. The van der Waals surface area contributed by atoms with Crippen molar-refractivity contribution in [2.24, 2.45) is 12.5 Å².